The Kier molecular flexibility index (Phi) is 6.21. The highest BCUT2D eigenvalue weighted by atomic mass is 32.2. The summed E-state index contributed by atoms with van der Waals surface area (Å²) in [5, 5.41) is 2.87. The zero-order valence-corrected chi connectivity index (χ0v) is 18.2. The normalized spacial score (nSPS) is 16.6. The van der Waals surface area contributed by atoms with Crippen molar-refractivity contribution in [2.75, 3.05) is 25.1 Å². The molecule has 30 heavy (non-hydrogen) atoms. The summed E-state index contributed by atoms with van der Waals surface area (Å²) in [5.74, 6) is 1.71. The van der Waals surface area contributed by atoms with Crippen LogP contribution in [-0.4, -0.2) is 39.6 Å². The maximum atomic E-state index is 12.7. The van der Waals surface area contributed by atoms with E-state index in [1.165, 1.54) is 0 Å². The number of sulfonamides is 1. The largest absolute Gasteiger partial charge is 0.493 e. The van der Waals surface area contributed by atoms with E-state index in [2.05, 4.69) is 14.6 Å². The summed E-state index contributed by atoms with van der Waals surface area (Å²) in [5.41, 5.74) is 0. The second-order valence-electron chi connectivity index (χ2n) is 6.88. The van der Waals surface area contributed by atoms with Crippen molar-refractivity contribution in [2.45, 2.75) is 23.8 Å². The Morgan fingerprint density at radius 1 is 1.17 bits per heavy atom. The molecule has 158 valence electrons. The predicted molar refractivity (Wildman–Crippen MR) is 117 cm³/mol. The van der Waals surface area contributed by atoms with Crippen LogP contribution < -0.4 is 19.1 Å². The fourth-order valence-electron chi connectivity index (χ4n) is 3.46. The van der Waals surface area contributed by atoms with Crippen molar-refractivity contribution >= 4 is 26.5 Å². The Labute approximate surface area is 180 Å². The average Bonchev–Trinajstić information content (AvgIpc) is 3.45. The molecule has 1 aliphatic rings. The van der Waals surface area contributed by atoms with Crippen LogP contribution in [0.2, 0.25) is 0 Å². The van der Waals surface area contributed by atoms with Crippen LogP contribution in [-0.2, 0) is 10.0 Å². The maximum absolute atomic E-state index is 12.7. The number of rotatable bonds is 8. The number of methoxy groups -OCH3 is 1. The minimum atomic E-state index is -3.62. The van der Waals surface area contributed by atoms with E-state index < -0.39 is 10.0 Å². The lowest BCUT2D eigenvalue weighted by Crippen LogP contribution is -2.40. The number of anilines is 1. The van der Waals surface area contributed by atoms with E-state index in [-0.39, 0.29) is 10.9 Å². The number of nitrogens with zero attached hydrogens (tertiary/aromatic N) is 2. The Bertz CT molecular complexity index is 1070. The highest BCUT2D eigenvalue weighted by Gasteiger charge is 2.28. The van der Waals surface area contributed by atoms with Crippen LogP contribution in [0.1, 0.15) is 12.8 Å². The van der Waals surface area contributed by atoms with Gasteiger partial charge in [-0.2, -0.15) is 0 Å². The first-order valence-electron chi connectivity index (χ1n) is 9.63. The van der Waals surface area contributed by atoms with E-state index in [1.54, 1.807) is 61.0 Å². The van der Waals surface area contributed by atoms with Crippen LogP contribution in [0.15, 0.2) is 65.0 Å². The number of aromatic nitrogens is 1. The third-order valence-corrected chi connectivity index (χ3v) is 7.23. The summed E-state index contributed by atoms with van der Waals surface area (Å²) in [6.07, 6.45) is 3.74. The first kappa shape index (κ1) is 20.6. The first-order valence-corrected chi connectivity index (χ1v) is 12.0. The highest BCUT2D eigenvalue weighted by molar-refractivity contribution is 7.89. The second kappa shape index (κ2) is 9.03. The van der Waals surface area contributed by atoms with Gasteiger partial charge >= 0.3 is 0 Å². The van der Waals surface area contributed by atoms with Crippen molar-refractivity contribution in [3.63, 3.8) is 0 Å². The van der Waals surface area contributed by atoms with Gasteiger partial charge in [0.15, 0.2) is 16.6 Å². The standard InChI is InChI=1S/C21H23N3O4S2/c1-27-19-6-2-3-7-20(19)28-17-8-10-18(11-9-17)30(25,26)23-15-16-5-4-13-24(16)21-22-12-14-29-21/h2-3,6-12,14,16,23H,4-5,13,15H2,1H3. The van der Waals surface area contributed by atoms with Gasteiger partial charge in [0.1, 0.15) is 5.75 Å². The van der Waals surface area contributed by atoms with Crippen LogP contribution in [0, 0.1) is 0 Å². The molecule has 0 aliphatic carbocycles. The van der Waals surface area contributed by atoms with E-state index in [4.69, 9.17) is 9.47 Å². The number of hydrogen-bond acceptors (Lipinski definition) is 7. The molecule has 7 nitrogen and oxygen atoms in total. The smallest absolute Gasteiger partial charge is 0.240 e. The van der Waals surface area contributed by atoms with Gasteiger partial charge in [-0.1, -0.05) is 12.1 Å². The molecule has 1 aromatic heterocycles. The summed E-state index contributed by atoms with van der Waals surface area (Å²) in [4.78, 5) is 6.73. The van der Waals surface area contributed by atoms with Crippen LogP contribution in [0.3, 0.4) is 0 Å². The van der Waals surface area contributed by atoms with Crippen molar-refractivity contribution < 1.29 is 17.9 Å². The average molecular weight is 446 g/mol. The van der Waals surface area contributed by atoms with Gasteiger partial charge in [-0.15, -0.1) is 11.3 Å². The second-order valence-corrected chi connectivity index (χ2v) is 9.52. The van der Waals surface area contributed by atoms with Gasteiger partial charge in [-0.25, -0.2) is 18.1 Å². The SMILES string of the molecule is COc1ccccc1Oc1ccc(S(=O)(=O)NCC2CCCN2c2nccs2)cc1. The number of hydrogen-bond donors (Lipinski definition) is 1. The molecule has 1 atom stereocenters. The lowest BCUT2D eigenvalue weighted by molar-refractivity contribution is 0.379. The molecule has 0 saturated carbocycles. The van der Waals surface area contributed by atoms with E-state index in [0.29, 0.717) is 23.8 Å². The fourth-order valence-corrected chi connectivity index (χ4v) is 5.28. The molecule has 3 aromatic rings. The van der Waals surface area contributed by atoms with Crippen molar-refractivity contribution in [3.8, 4) is 17.2 Å². The van der Waals surface area contributed by atoms with Gasteiger partial charge in [0, 0.05) is 30.7 Å². The van der Waals surface area contributed by atoms with Gasteiger partial charge in [0.05, 0.1) is 12.0 Å². The van der Waals surface area contributed by atoms with Crippen LogP contribution >= 0.6 is 11.3 Å². The minimum absolute atomic E-state index is 0.110. The van der Waals surface area contributed by atoms with Gasteiger partial charge in [0.2, 0.25) is 10.0 Å². The lowest BCUT2D eigenvalue weighted by Gasteiger charge is -2.24. The van der Waals surface area contributed by atoms with Gasteiger partial charge < -0.3 is 14.4 Å². The molecule has 1 fully saturated rings. The molecule has 0 amide bonds. The Hall–Kier alpha value is -2.62. The van der Waals surface area contributed by atoms with Crippen LogP contribution in [0.4, 0.5) is 5.13 Å². The van der Waals surface area contributed by atoms with E-state index >= 15 is 0 Å². The zero-order valence-electron chi connectivity index (χ0n) is 16.5. The topological polar surface area (TPSA) is 80.8 Å². The number of para-hydroxylation sites is 2. The van der Waals surface area contributed by atoms with Crippen LogP contribution in [0.25, 0.3) is 0 Å². The van der Waals surface area contributed by atoms with E-state index in [9.17, 15) is 8.42 Å². The molecule has 2 heterocycles. The summed E-state index contributed by atoms with van der Waals surface area (Å²) in [7, 11) is -2.04. The molecule has 1 saturated heterocycles. The molecule has 1 N–H and O–H groups in total. The number of benzene rings is 2. The van der Waals surface area contributed by atoms with Crippen molar-refractivity contribution in [2.24, 2.45) is 0 Å². The molecular formula is C21H23N3O4S2. The molecule has 4 rings (SSSR count). The van der Waals surface area contributed by atoms with Crippen molar-refractivity contribution in [1.29, 1.82) is 0 Å². The number of ether oxygens (including phenoxy) is 2. The fraction of sp³-hybridized carbons (Fsp3) is 0.286. The van der Waals surface area contributed by atoms with Crippen molar-refractivity contribution in [3.05, 3.63) is 60.1 Å². The number of thiazole rings is 1. The molecule has 2 aromatic carbocycles. The molecular weight excluding hydrogens is 422 g/mol. The van der Waals surface area contributed by atoms with Gasteiger partial charge in [-0.05, 0) is 49.2 Å². The van der Waals surface area contributed by atoms with Crippen LogP contribution in [0.5, 0.6) is 17.2 Å². The summed E-state index contributed by atoms with van der Waals surface area (Å²) < 4.78 is 39.3. The highest BCUT2D eigenvalue weighted by Crippen LogP contribution is 2.31. The third-order valence-electron chi connectivity index (χ3n) is 4.98. The maximum Gasteiger partial charge on any atom is 0.240 e. The van der Waals surface area contributed by atoms with Gasteiger partial charge in [-0.3, -0.25) is 0 Å². The molecule has 0 spiro atoms. The molecule has 0 radical (unpaired) electrons. The molecule has 1 unspecified atom stereocenters. The summed E-state index contributed by atoms with van der Waals surface area (Å²) >= 11 is 1.57. The predicted octanol–water partition coefficient (Wildman–Crippen LogP) is 3.89. The monoisotopic (exact) mass is 445 g/mol. The molecule has 9 heteroatoms. The molecule has 0 bridgehead atoms. The lowest BCUT2D eigenvalue weighted by atomic mass is 10.2. The molecule has 1 aliphatic heterocycles. The van der Waals surface area contributed by atoms with Crippen molar-refractivity contribution in [1.82, 2.24) is 9.71 Å². The van der Waals surface area contributed by atoms with Gasteiger partial charge in [0.25, 0.3) is 0 Å². The third kappa shape index (κ3) is 4.58. The van der Waals surface area contributed by atoms with E-state index in [0.717, 1.165) is 24.5 Å². The number of nitrogens with one attached hydrogen (secondary N) is 1. The first-order chi connectivity index (χ1) is 14.6. The summed E-state index contributed by atoms with van der Waals surface area (Å²) in [6.45, 7) is 1.25. The minimum Gasteiger partial charge on any atom is -0.493 e. The zero-order chi connectivity index (χ0) is 21.0. The Balaban J connectivity index is 1.40. The Morgan fingerprint density at radius 3 is 2.63 bits per heavy atom. The quantitative estimate of drug-likeness (QED) is 0.567. The Morgan fingerprint density at radius 2 is 1.93 bits per heavy atom. The van der Waals surface area contributed by atoms with E-state index in [1.807, 2.05) is 17.5 Å². The summed E-state index contributed by atoms with van der Waals surface area (Å²) in [6, 6.07) is 13.8.